The summed E-state index contributed by atoms with van der Waals surface area (Å²) < 4.78 is 23.5. The molecule has 1 aromatic rings. The van der Waals surface area contributed by atoms with Gasteiger partial charge in [-0.05, 0) is 51.0 Å². The number of nitrogens with zero attached hydrogens (tertiary/aromatic N) is 1. The number of hydrogen-bond acceptors (Lipinski definition) is 4. The molecule has 0 fully saturated rings. The molecule has 0 radical (unpaired) electrons. The minimum absolute atomic E-state index is 0.0421. The maximum atomic E-state index is 12.6. The number of likely N-dealkylation sites (N-methyl/N-ethyl adjacent to an activating group) is 1. The molecule has 0 bridgehead atoms. The molecule has 6 nitrogen and oxygen atoms in total. The van der Waals surface area contributed by atoms with Gasteiger partial charge in [0, 0.05) is 18.9 Å². The minimum atomic E-state index is -3.46. The van der Waals surface area contributed by atoms with Crippen molar-refractivity contribution in [3.63, 3.8) is 0 Å². The van der Waals surface area contributed by atoms with Gasteiger partial charge < -0.3 is 10.0 Å². The average Bonchev–Trinajstić information content (AvgIpc) is 2.38. The molecule has 1 rings (SSSR count). The van der Waals surface area contributed by atoms with E-state index in [0.717, 1.165) is 11.2 Å². The molecular formula is C15H21NO5S. The lowest BCUT2D eigenvalue weighted by atomic mass is 9.98. The number of amides is 1. The van der Waals surface area contributed by atoms with Gasteiger partial charge in [0.25, 0.3) is 5.91 Å². The van der Waals surface area contributed by atoms with Crippen LogP contribution in [0, 0.1) is 13.8 Å². The number of sulfone groups is 1. The highest BCUT2D eigenvalue weighted by Crippen LogP contribution is 2.24. The van der Waals surface area contributed by atoms with Crippen LogP contribution in [-0.2, 0) is 14.6 Å². The molecular weight excluding hydrogens is 306 g/mol. The van der Waals surface area contributed by atoms with Crippen molar-refractivity contribution >= 4 is 21.7 Å². The Hall–Kier alpha value is -1.89. The molecule has 0 spiro atoms. The number of carboxylic acids is 1. The van der Waals surface area contributed by atoms with Crippen molar-refractivity contribution in [1.82, 2.24) is 4.90 Å². The molecule has 0 heterocycles. The first-order chi connectivity index (χ1) is 9.80. The van der Waals surface area contributed by atoms with Crippen LogP contribution in [0.15, 0.2) is 17.0 Å². The van der Waals surface area contributed by atoms with E-state index in [1.54, 1.807) is 13.8 Å². The maximum Gasteiger partial charge on any atom is 0.329 e. The second-order valence-electron chi connectivity index (χ2n) is 5.91. The van der Waals surface area contributed by atoms with Gasteiger partial charge >= 0.3 is 5.97 Å². The quantitative estimate of drug-likeness (QED) is 0.907. The van der Waals surface area contributed by atoms with E-state index in [1.807, 2.05) is 0 Å². The molecule has 0 aliphatic rings. The number of hydrogen-bond donors (Lipinski definition) is 1. The number of rotatable bonds is 4. The van der Waals surface area contributed by atoms with Crippen molar-refractivity contribution in [3.05, 3.63) is 28.8 Å². The average molecular weight is 327 g/mol. The number of aliphatic carboxylic acids is 1. The highest BCUT2D eigenvalue weighted by Gasteiger charge is 2.36. The van der Waals surface area contributed by atoms with Gasteiger partial charge in [-0.1, -0.05) is 0 Å². The molecule has 22 heavy (non-hydrogen) atoms. The van der Waals surface area contributed by atoms with Crippen molar-refractivity contribution in [2.45, 2.75) is 38.1 Å². The van der Waals surface area contributed by atoms with Gasteiger partial charge in [0.2, 0.25) is 0 Å². The molecule has 0 aliphatic carbocycles. The summed E-state index contributed by atoms with van der Waals surface area (Å²) in [6.45, 7) is 6.24. The Morgan fingerprint density at radius 1 is 1.18 bits per heavy atom. The third kappa shape index (κ3) is 3.30. The second kappa shape index (κ2) is 5.72. The number of carbonyl (C=O) groups is 2. The smallest absolute Gasteiger partial charge is 0.329 e. The Balaban J connectivity index is 3.47. The van der Waals surface area contributed by atoms with Crippen molar-refractivity contribution < 1.29 is 23.1 Å². The summed E-state index contributed by atoms with van der Waals surface area (Å²) in [5.41, 5.74) is 0.0777. The van der Waals surface area contributed by atoms with E-state index in [0.29, 0.717) is 11.1 Å². The molecule has 1 aromatic carbocycles. The molecule has 0 unspecified atom stereocenters. The van der Waals surface area contributed by atoms with E-state index in [9.17, 15) is 23.1 Å². The van der Waals surface area contributed by atoms with E-state index in [1.165, 1.54) is 33.0 Å². The minimum Gasteiger partial charge on any atom is -0.480 e. The van der Waals surface area contributed by atoms with Crippen LogP contribution in [0.3, 0.4) is 0 Å². The van der Waals surface area contributed by atoms with Crippen molar-refractivity contribution in [3.8, 4) is 0 Å². The van der Waals surface area contributed by atoms with Crippen LogP contribution < -0.4 is 0 Å². The van der Waals surface area contributed by atoms with Crippen molar-refractivity contribution in [1.29, 1.82) is 0 Å². The van der Waals surface area contributed by atoms with Gasteiger partial charge in [-0.15, -0.1) is 0 Å². The molecule has 0 saturated carbocycles. The van der Waals surface area contributed by atoms with Gasteiger partial charge in [-0.2, -0.15) is 0 Å². The highest BCUT2D eigenvalue weighted by atomic mass is 32.2. The van der Waals surface area contributed by atoms with E-state index in [-0.39, 0.29) is 10.5 Å². The SMILES string of the molecule is Cc1cc(S(C)(=O)=O)cc(C(=O)N(C)C(C)(C)C(=O)O)c1C. The standard InChI is InChI=1S/C15H21NO5S/c1-9-7-11(22(6,20)21)8-12(10(9)2)13(17)16(5)15(3,4)14(18)19/h7-8H,1-6H3,(H,18,19). The molecule has 0 saturated heterocycles. The van der Waals surface area contributed by atoms with Gasteiger partial charge in [-0.3, -0.25) is 4.79 Å². The zero-order chi connectivity index (χ0) is 17.5. The van der Waals surface area contributed by atoms with Crippen LogP contribution in [0.2, 0.25) is 0 Å². The van der Waals surface area contributed by atoms with Crippen LogP contribution in [0.25, 0.3) is 0 Å². The molecule has 7 heteroatoms. The normalized spacial score (nSPS) is 12.1. The van der Waals surface area contributed by atoms with Gasteiger partial charge in [0.05, 0.1) is 4.90 Å². The largest absolute Gasteiger partial charge is 0.480 e. The Labute approximate surface area is 130 Å². The molecule has 1 N–H and O–H groups in total. The molecule has 122 valence electrons. The molecule has 1 amide bonds. The number of aryl methyl sites for hydroxylation is 1. The van der Waals surface area contributed by atoms with E-state index >= 15 is 0 Å². The molecule has 0 atom stereocenters. The van der Waals surface area contributed by atoms with Gasteiger partial charge in [0.1, 0.15) is 5.54 Å². The Bertz CT molecular complexity index is 735. The summed E-state index contributed by atoms with van der Waals surface area (Å²) in [6.07, 6.45) is 1.07. The second-order valence-corrected chi connectivity index (χ2v) is 7.93. The third-order valence-corrected chi connectivity index (χ3v) is 5.06. The summed E-state index contributed by atoms with van der Waals surface area (Å²) in [7, 11) is -2.08. The first-order valence-corrected chi connectivity index (χ1v) is 8.52. The van der Waals surface area contributed by atoms with Crippen molar-refractivity contribution in [2.75, 3.05) is 13.3 Å². The molecule has 0 aromatic heterocycles. The summed E-state index contributed by atoms with van der Waals surface area (Å²) in [4.78, 5) is 25.0. The summed E-state index contributed by atoms with van der Waals surface area (Å²) >= 11 is 0. The van der Waals surface area contributed by atoms with Crippen LogP contribution >= 0.6 is 0 Å². The number of benzene rings is 1. The fraction of sp³-hybridized carbons (Fsp3) is 0.467. The van der Waals surface area contributed by atoms with Crippen LogP contribution in [0.4, 0.5) is 0 Å². The maximum absolute atomic E-state index is 12.6. The monoisotopic (exact) mass is 327 g/mol. The van der Waals surface area contributed by atoms with Crippen LogP contribution in [0.1, 0.15) is 35.3 Å². The van der Waals surface area contributed by atoms with Gasteiger partial charge in [0.15, 0.2) is 9.84 Å². The van der Waals surface area contributed by atoms with E-state index < -0.39 is 27.3 Å². The number of carbonyl (C=O) groups excluding carboxylic acids is 1. The summed E-state index contributed by atoms with van der Waals surface area (Å²) in [6, 6.07) is 2.80. The Kier molecular flexibility index (Phi) is 4.72. The Morgan fingerprint density at radius 2 is 1.68 bits per heavy atom. The summed E-state index contributed by atoms with van der Waals surface area (Å²) in [5, 5.41) is 9.23. The molecule has 0 aliphatic heterocycles. The fourth-order valence-electron chi connectivity index (χ4n) is 1.84. The first kappa shape index (κ1) is 18.2. The lowest BCUT2D eigenvalue weighted by Crippen LogP contribution is -2.51. The van der Waals surface area contributed by atoms with Gasteiger partial charge in [-0.25, -0.2) is 13.2 Å². The predicted octanol–water partition coefficient (Wildman–Crippen LogP) is 1.64. The van der Waals surface area contributed by atoms with E-state index in [2.05, 4.69) is 0 Å². The fourth-order valence-corrected chi connectivity index (χ4v) is 2.56. The first-order valence-electron chi connectivity index (χ1n) is 6.63. The Morgan fingerprint density at radius 3 is 2.09 bits per heavy atom. The number of carboxylic acid groups (broad SMARTS) is 1. The predicted molar refractivity (Wildman–Crippen MR) is 82.8 cm³/mol. The summed E-state index contributed by atoms with van der Waals surface area (Å²) in [5.74, 6) is -1.67. The van der Waals surface area contributed by atoms with Crippen LogP contribution in [-0.4, -0.2) is 49.1 Å². The topological polar surface area (TPSA) is 91.8 Å². The lowest BCUT2D eigenvalue weighted by Gasteiger charge is -2.32. The van der Waals surface area contributed by atoms with Crippen molar-refractivity contribution in [2.24, 2.45) is 0 Å². The van der Waals surface area contributed by atoms with Crippen LogP contribution in [0.5, 0.6) is 0 Å². The zero-order valence-corrected chi connectivity index (χ0v) is 14.4. The highest BCUT2D eigenvalue weighted by molar-refractivity contribution is 7.90. The van der Waals surface area contributed by atoms with E-state index in [4.69, 9.17) is 0 Å². The lowest BCUT2D eigenvalue weighted by molar-refractivity contribution is -0.147. The third-order valence-electron chi connectivity index (χ3n) is 3.97. The zero-order valence-electron chi connectivity index (χ0n) is 13.6.